The molecule has 0 radical (unpaired) electrons. The summed E-state index contributed by atoms with van der Waals surface area (Å²) >= 11 is 0. The molecular weight excluding hydrogens is 494 g/mol. The lowest BCUT2D eigenvalue weighted by molar-refractivity contribution is 0.0109. The van der Waals surface area contributed by atoms with E-state index in [0.717, 1.165) is 43.7 Å². The monoisotopic (exact) mass is 533 g/mol. The van der Waals surface area contributed by atoms with Crippen LogP contribution in [0.3, 0.4) is 0 Å². The molecule has 0 aliphatic carbocycles. The zero-order valence-electron chi connectivity index (χ0n) is 23.5. The largest absolute Gasteiger partial charge is 0.488 e. The Balaban J connectivity index is 1.34. The minimum absolute atomic E-state index is 0.00403. The standard InChI is InChI=1S/C35H39N3O2/c1-27(2)21-31-19-12-20-33(34(31)40-26-30-17-10-5-11-18-30)35(39)36-32-24-37(22-28-13-6-3-7-14-28)38(25-32)23-29-15-8-4-9-16-29/h3-20,27,32H,21-26H2,1-2H3,(H,36,39). The van der Waals surface area contributed by atoms with Crippen LogP contribution < -0.4 is 10.1 Å². The summed E-state index contributed by atoms with van der Waals surface area (Å²) in [5.74, 6) is 1.06. The van der Waals surface area contributed by atoms with Crippen LogP contribution in [0.2, 0.25) is 0 Å². The first-order chi connectivity index (χ1) is 19.5. The lowest BCUT2D eigenvalue weighted by atomic mass is 9.99. The molecule has 0 atom stereocenters. The molecule has 0 spiro atoms. The fourth-order valence-corrected chi connectivity index (χ4v) is 5.33. The first-order valence-corrected chi connectivity index (χ1v) is 14.2. The molecular formula is C35H39N3O2. The van der Waals surface area contributed by atoms with Gasteiger partial charge in [0.2, 0.25) is 0 Å². The number of para-hydroxylation sites is 1. The lowest BCUT2D eigenvalue weighted by Crippen LogP contribution is -2.38. The maximum absolute atomic E-state index is 13.8. The second-order valence-corrected chi connectivity index (χ2v) is 11.0. The summed E-state index contributed by atoms with van der Waals surface area (Å²) in [5.41, 5.74) is 5.26. The highest BCUT2D eigenvalue weighted by atomic mass is 16.5. The number of ether oxygens (including phenoxy) is 1. The van der Waals surface area contributed by atoms with Gasteiger partial charge in [0, 0.05) is 26.2 Å². The number of hydrazine groups is 1. The van der Waals surface area contributed by atoms with Crippen LogP contribution >= 0.6 is 0 Å². The third-order valence-corrected chi connectivity index (χ3v) is 7.21. The van der Waals surface area contributed by atoms with Gasteiger partial charge in [0.05, 0.1) is 11.6 Å². The Morgan fingerprint density at radius 2 is 1.27 bits per heavy atom. The molecule has 5 heteroatoms. The summed E-state index contributed by atoms with van der Waals surface area (Å²) in [5, 5.41) is 8.06. The van der Waals surface area contributed by atoms with E-state index in [1.807, 2.05) is 54.6 Å². The van der Waals surface area contributed by atoms with Crippen molar-refractivity contribution in [1.82, 2.24) is 15.3 Å². The van der Waals surface area contributed by atoms with Crippen molar-refractivity contribution in [2.24, 2.45) is 5.92 Å². The predicted octanol–water partition coefficient (Wildman–Crippen LogP) is 6.50. The number of carbonyl (C=O) groups excluding carboxylic acids is 1. The van der Waals surface area contributed by atoms with Gasteiger partial charge < -0.3 is 10.1 Å². The van der Waals surface area contributed by atoms with E-state index in [1.54, 1.807) is 0 Å². The molecule has 4 aromatic carbocycles. The highest BCUT2D eigenvalue weighted by Gasteiger charge is 2.32. The van der Waals surface area contributed by atoms with E-state index in [9.17, 15) is 4.79 Å². The lowest BCUT2D eigenvalue weighted by Gasteiger charge is -2.27. The summed E-state index contributed by atoms with van der Waals surface area (Å²) in [6.45, 7) is 7.91. The molecule has 5 nitrogen and oxygen atoms in total. The van der Waals surface area contributed by atoms with Gasteiger partial charge in [-0.3, -0.25) is 4.79 Å². The molecule has 0 aromatic heterocycles. The average molecular weight is 534 g/mol. The van der Waals surface area contributed by atoms with Gasteiger partial charge in [-0.2, -0.15) is 0 Å². The Bertz CT molecular complexity index is 1310. The van der Waals surface area contributed by atoms with Crippen LogP contribution in [0.1, 0.15) is 46.5 Å². The number of hydrogen-bond donors (Lipinski definition) is 1. The first kappa shape index (κ1) is 27.6. The molecule has 5 rings (SSSR count). The quantitative estimate of drug-likeness (QED) is 0.239. The van der Waals surface area contributed by atoms with E-state index in [0.29, 0.717) is 23.8 Å². The van der Waals surface area contributed by atoms with Crippen molar-refractivity contribution >= 4 is 5.91 Å². The van der Waals surface area contributed by atoms with Crippen LogP contribution in [0, 0.1) is 5.92 Å². The summed E-state index contributed by atoms with van der Waals surface area (Å²) in [6.07, 6.45) is 0.852. The number of benzene rings is 4. The van der Waals surface area contributed by atoms with E-state index in [4.69, 9.17) is 4.74 Å². The summed E-state index contributed by atoms with van der Waals surface area (Å²) in [6, 6.07) is 37.1. The van der Waals surface area contributed by atoms with Crippen LogP contribution in [-0.4, -0.2) is 35.1 Å². The zero-order chi connectivity index (χ0) is 27.7. The van der Waals surface area contributed by atoms with E-state index < -0.39 is 0 Å². The van der Waals surface area contributed by atoms with Crippen molar-refractivity contribution in [3.63, 3.8) is 0 Å². The zero-order valence-corrected chi connectivity index (χ0v) is 23.5. The van der Waals surface area contributed by atoms with Crippen molar-refractivity contribution in [1.29, 1.82) is 0 Å². The van der Waals surface area contributed by atoms with Crippen LogP contribution in [-0.2, 0) is 26.1 Å². The molecule has 0 unspecified atom stereocenters. The number of nitrogens with one attached hydrogen (secondary N) is 1. The molecule has 4 aromatic rings. The van der Waals surface area contributed by atoms with Crippen LogP contribution in [0.5, 0.6) is 5.75 Å². The van der Waals surface area contributed by atoms with E-state index in [-0.39, 0.29) is 11.9 Å². The number of nitrogens with zero attached hydrogens (tertiary/aromatic N) is 2. The maximum Gasteiger partial charge on any atom is 0.255 e. The van der Waals surface area contributed by atoms with E-state index in [1.165, 1.54) is 11.1 Å². The molecule has 206 valence electrons. The normalized spacial score (nSPS) is 14.5. The Hall–Kier alpha value is -3.93. The van der Waals surface area contributed by atoms with Crippen LogP contribution in [0.4, 0.5) is 0 Å². The molecule has 1 fully saturated rings. The van der Waals surface area contributed by atoms with Crippen molar-refractivity contribution in [2.45, 2.75) is 46.0 Å². The molecule has 1 amide bonds. The van der Waals surface area contributed by atoms with Gasteiger partial charge in [0.25, 0.3) is 5.91 Å². The Kier molecular flexibility index (Phi) is 9.27. The van der Waals surface area contributed by atoms with Crippen molar-refractivity contribution in [3.8, 4) is 5.75 Å². The first-order valence-electron chi connectivity index (χ1n) is 14.2. The molecule has 0 bridgehead atoms. The van der Waals surface area contributed by atoms with Crippen molar-refractivity contribution in [3.05, 3.63) is 137 Å². The van der Waals surface area contributed by atoms with Crippen molar-refractivity contribution in [2.75, 3.05) is 13.1 Å². The predicted molar refractivity (Wildman–Crippen MR) is 161 cm³/mol. The molecule has 40 heavy (non-hydrogen) atoms. The van der Waals surface area contributed by atoms with Gasteiger partial charge in [-0.15, -0.1) is 0 Å². The highest BCUT2D eigenvalue weighted by molar-refractivity contribution is 5.97. The molecule has 1 saturated heterocycles. The van der Waals surface area contributed by atoms with E-state index >= 15 is 0 Å². The fraction of sp³-hybridized carbons (Fsp3) is 0.286. The Morgan fingerprint density at radius 3 is 1.80 bits per heavy atom. The second kappa shape index (κ2) is 13.4. The van der Waals surface area contributed by atoms with Gasteiger partial charge in [-0.25, -0.2) is 10.0 Å². The average Bonchev–Trinajstić information content (AvgIpc) is 3.33. The van der Waals surface area contributed by atoms with Gasteiger partial charge in [0.1, 0.15) is 12.4 Å². The smallest absolute Gasteiger partial charge is 0.255 e. The molecule has 0 saturated carbocycles. The van der Waals surface area contributed by atoms with Gasteiger partial charge in [0.15, 0.2) is 0 Å². The van der Waals surface area contributed by atoms with Crippen molar-refractivity contribution < 1.29 is 9.53 Å². The van der Waals surface area contributed by atoms with E-state index in [2.05, 4.69) is 83.8 Å². The number of amides is 1. The summed E-state index contributed by atoms with van der Waals surface area (Å²) in [4.78, 5) is 13.8. The van der Waals surface area contributed by atoms with Gasteiger partial charge >= 0.3 is 0 Å². The Labute approximate surface area is 238 Å². The summed E-state index contributed by atoms with van der Waals surface area (Å²) < 4.78 is 6.36. The topological polar surface area (TPSA) is 44.8 Å². The maximum atomic E-state index is 13.8. The summed E-state index contributed by atoms with van der Waals surface area (Å²) in [7, 11) is 0. The number of hydrogen-bond acceptors (Lipinski definition) is 4. The molecule has 1 aliphatic rings. The minimum atomic E-state index is -0.0834. The molecule has 1 heterocycles. The Morgan fingerprint density at radius 1 is 0.750 bits per heavy atom. The highest BCUT2D eigenvalue weighted by Crippen LogP contribution is 2.28. The van der Waals surface area contributed by atoms with Crippen LogP contribution in [0.25, 0.3) is 0 Å². The number of rotatable bonds is 11. The van der Waals surface area contributed by atoms with Gasteiger partial charge in [-0.1, -0.05) is 117 Å². The fourth-order valence-electron chi connectivity index (χ4n) is 5.33. The molecule has 1 N–H and O–H groups in total. The minimum Gasteiger partial charge on any atom is -0.488 e. The third kappa shape index (κ3) is 7.38. The van der Waals surface area contributed by atoms with Gasteiger partial charge in [-0.05, 0) is 40.7 Å². The third-order valence-electron chi connectivity index (χ3n) is 7.21. The number of carbonyl (C=O) groups is 1. The SMILES string of the molecule is CC(C)Cc1cccc(C(=O)NC2CN(Cc3ccccc3)N(Cc3ccccc3)C2)c1OCc1ccccc1. The second-order valence-electron chi connectivity index (χ2n) is 11.0. The molecule has 1 aliphatic heterocycles. The van der Waals surface area contributed by atoms with Crippen LogP contribution in [0.15, 0.2) is 109 Å².